The summed E-state index contributed by atoms with van der Waals surface area (Å²) in [6.45, 7) is 3.67. The van der Waals surface area contributed by atoms with Crippen molar-refractivity contribution in [3.8, 4) is 11.5 Å². The molecule has 3 rings (SSSR count). The number of halogens is 1. The second-order valence-corrected chi connectivity index (χ2v) is 4.96. The largest absolute Gasteiger partial charge is 0.453 e. The number of benzene rings is 1. The quantitative estimate of drug-likeness (QED) is 0.821. The number of likely N-dealkylation sites (tertiary alicyclic amines) is 1. The molecule has 2 heterocycles. The zero-order chi connectivity index (χ0) is 12.4. The first-order chi connectivity index (χ1) is 8.83. The maximum absolute atomic E-state index is 13.7. The first kappa shape index (κ1) is 11.8. The molecular weight excluding hydrogens is 233 g/mol. The van der Waals surface area contributed by atoms with Gasteiger partial charge in [-0.1, -0.05) is 0 Å². The number of aryl methyl sites for hydroxylation is 1. The van der Waals surface area contributed by atoms with Crippen LogP contribution in [0.5, 0.6) is 11.5 Å². The van der Waals surface area contributed by atoms with E-state index in [0.717, 1.165) is 24.9 Å². The number of hydrogen-bond donors (Lipinski definition) is 0. The average Bonchev–Trinajstić information content (AvgIpc) is 2.99. The van der Waals surface area contributed by atoms with Gasteiger partial charge in [-0.25, -0.2) is 4.39 Å². The maximum atomic E-state index is 13.7. The Kier molecular flexibility index (Phi) is 3.37. The monoisotopic (exact) mass is 251 g/mol. The minimum Gasteiger partial charge on any atom is -0.453 e. The molecule has 0 spiro atoms. The van der Waals surface area contributed by atoms with E-state index < -0.39 is 0 Å². The van der Waals surface area contributed by atoms with E-state index >= 15 is 0 Å². The molecule has 0 radical (unpaired) electrons. The zero-order valence-electron chi connectivity index (χ0n) is 10.5. The van der Waals surface area contributed by atoms with Gasteiger partial charge in [0, 0.05) is 0 Å². The van der Waals surface area contributed by atoms with Crippen LogP contribution in [0.2, 0.25) is 0 Å². The molecule has 0 amide bonds. The molecule has 1 saturated heterocycles. The van der Waals surface area contributed by atoms with E-state index in [4.69, 9.17) is 9.47 Å². The van der Waals surface area contributed by atoms with Gasteiger partial charge in [0.05, 0.1) is 0 Å². The molecule has 2 aliphatic heterocycles. The summed E-state index contributed by atoms with van der Waals surface area (Å²) in [5.74, 6) is 0.505. The minimum atomic E-state index is -0.304. The molecule has 4 heteroatoms. The predicted octanol–water partition coefficient (Wildman–Crippen LogP) is 2.58. The molecule has 0 N–H and O–H groups in total. The summed E-state index contributed by atoms with van der Waals surface area (Å²) >= 11 is 0. The molecule has 3 nitrogen and oxygen atoms in total. The zero-order valence-corrected chi connectivity index (χ0v) is 10.5. The van der Waals surface area contributed by atoms with Gasteiger partial charge in [-0.3, -0.25) is 0 Å². The number of rotatable bonds is 4. The maximum Gasteiger partial charge on any atom is 0.231 e. The van der Waals surface area contributed by atoms with E-state index in [9.17, 15) is 4.39 Å². The fourth-order valence-electron chi connectivity index (χ4n) is 2.68. The number of ether oxygens (including phenoxy) is 2. The summed E-state index contributed by atoms with van der Waals surface area (Å²) < 4.78 is 24.0. The second kappa shape index (κ2) is 5.14. The van der Waals surface area contributed by atoms with Crippen LogP contribution in [0.3, 0.4) is 0 Å². The highest BCUT2D eigenvalue weighted by Gasteiger charge is 2.19. The van der Waals surface area contributed by atoms with Gasteiger partial charge in [0.1, 0.15) is 0 Å². The first-order valence-electron chi connectivity index (χ1n) is 6.63. The minimum absolute atomic E-state index is 0.128. The van der Waals surface area contributed by atoms with Gasteiger partial charge in [-0.2, -0.15) is 0 Å². The van der Waals surface area contributed by atoms with E-state index in [1.807, 2.05) is 6.07 Å². The van der Waals surface area contributed by atoms with Crippen molar-refractivity contribution in [2.24, 2.45) is 0 Å². The molecule has 1 aromatic rings. The van der Waals surface area contributed by atoms with E-state index in [-0.39, 0.29) is 18.4 Å². The molecule has 0 aliphatic carbocycles. The van der Waals surface area contributed by atoms with Crippen LogP contribution in [0.1, 0.15) is 24.8 Å². The Morgan fingerprint density at radius 1 is 1.17 bits per heavy atom. The number of nitrogens with zero attached hydrogens (tertiary/aromatic N) is 1. The Bertz CT molecular complexity index is 430. The molecule has 0 bridgehead atoms. The van der Waals surface area contributed by atoms with Gasteiger partial charge in [0.15, 0.2) is 11.6 Å². The van der Waals surface area contributed by atoms with Crippen LogP contribution in [-0.2, 0) is 6.42 Å². The van der Waals surface area contributed by atoms with Crippen molar-refractivity contribution in [1.82, 2.24) is 4.90 Å². The first-order valence-corrected chi connectivity index (χ1v) is 6.63. The van der Waals surface area contributed by atoms with Crippen molar-refractivity contribution in [2.75, 3.05) is 26.4 Å². The highest BCUT2D eigenvalue weighted by Crippen LogP contribution is 2.35. The van der Waals surface area contributed by atoms with Crippen LogP contribution < -0.4 is 9.47 Å². The Hall–Kier alpha value is -1.29. The molecule has 0 atom stereocenters. The SMILES string of the molecule is Fc1cc(CCCN2CCCC2)cc2c1OCO2. The third-order valence-corrected chi connectivity index (χ3v) is 3.63. The van der Waals surface area contributed by atoms with Crippen molar-refractivity contribution in [1.29, 1.82) is 0 Å². The van der Waals surface area contributed by atoms with Crippen molar-refractivity contribution in [3.05, 3.63) is 23.5 Å². The molecule has 2 aliphatic rings. The van der Waals surface area contributed by atoms with Crippen LogP contribution in [0.15, 0.2) is 12.1 Å². The predicted molar refractivity (Wildman–Crippen MR) is 66.5 cm³/mol. The van der Waals surface area contributed by atoms with Crippen molar-refractivity contribution in [3.63, 3.8) is 0 Å². The number of hydrogen-bond acceptors (Lipinski definition) is 3. The molecule has 18 heavy (non-hydrogen) atoms. The van der Waals surface area contributed by atoms with Crippen molar-refractivity contribution >= 4 is 0 Å². The molecule has 98 valence electrons. The van der Waals surface area contributed by atoms with E-state index in [2.05, 4.69) is 4.90 Å². The molecular formula is C14H18FNO2. The Labute approximate surface area is 106 Å². The summed E-state index contributed by atoms with van der Waals surface area (Å²) in [5, 5.41) is 0. The lowest BCUT2D eigenvalue weighted by molar-refractivity contribution is 0.171. The van der Waals surface area contributed by atoms with Crippen LogP contribution in [0, 0.1) is 5.82 Å². The Morgan fingerprint density at radius 3 is 2.83 bits per heavy atom. The molecule has 0 saturated carbocycles. The summed E-state index contributed by atoms with van der Waals surface area (Å²) in [5.41, 5.74) is 0.996. The van der Waals surface area contributed by atoms with Gasteiger partial charge in [0.25, 0.3) is 0 Å². The lowest BCUT2D eigenvalue weighted by Gasteiger charge is -2.14. The van der Waals surface area contributed by atoms with Crippen molar-refractivity contribution in [2.45, 2.75) is 25.7 Å². The lowest BCUT2D eigenvalue weighted by Crippen LogP contribution is -2.20. The fraction of sp³-hybridized carbons (Fsp3) is 0.571. The summed E-state index contributed by atoms with van der Waals surface area (Å²) in [6.07, 6.45) is 4.60. The fourth-order valence-corrected chi connectivity index (χ4v) is 2.68. The molecule has 0 unspecified atom stereocenters. The summed E-state index contributed by atoms with van der Waals surface area (Å²) in [7, 11) is 0. The van der Waals surface area contributed by atoms with Gasteiger partial charge < -0.3 is 14.4 Å². The normalized spacial score (nSPS) is 18.5. The highest BCUT2D eigenvalue weighted by atomic mass is 19.1. The number of fused-ring (bicyclic) bond motifs is 1. The summed E-state index contributed by atoms with van der Waals surface area (Å²) in [6, 6.07) is 3.47. The topological polar surface area (TPSA) is 21.7 Å². The molecule has 1 fully saturated rings. The van der Waals surface area contributed by atoms with Gasteiger partial charge in [0.2, 0.25) is 12.5 Å². The van der Waals surface area contributed by atoms with Gasteiger partial charge >= 0.3 is 0 Å². The third-order valence-electron chi connectivity index (χ3n) is 3.63. The van der Waals surface area contributed by atoms with Crippen LogP contribution in [0.4, 0.5) is 4.39 Å². The van der Waals surface area contributed by atoms with E-state index in [1.165, 1.54) is 25.9 Å². The van der Waals surface area contributed by atoms with Gasteiger partial charge in [-0.05, 0) is 63.0 Å². The molecule has 1 aromatic carbocycles. The van der Waals surface area contributed by atoms with Crippen LogP contribution in [0.25, 0.3) is 0 Å². The smallest absolute Gasteiger partial charge is 0.231 e. The second-order valence-electron chi connectivity index (χ2n) is 4.96. The summed E-state index contributed by atoms with van der Waals surface area (Å²) in [4.78, 5) is 2.48. The van der Waals surface area contributed by atoms with Crippen molar-refractivity contribution < 1.29 is 13.9 Å². The van der Waals surface area contributed by atoms with Crippen LogP contribution >= 0.6 is 0 Å². The highest BCUT2D eigenvalue weighted by molar-refractivity contribution is 5.45. The Morgan fingerprint density at radius 2 is 2.00 bits per heavy atom. The van der Waals surface area contributed by atoms with Gasteiger partial charge in [-0.15, -0.1) is 0 Å². The van der Waals surface area contributed by atoms with E-state index in [1.54, 1.807) is 6.07 Å². The van der Waals surface area contributed by atoms with Crippen LogP contribution in [-0.4, -0.2) is 31.3 Å². The van der Waals surface area contributed by atoms with E-state index in [0.29, 0.717) is 5.75 Å². The Balaban J connectivity index is 1.57. The standard InChI is InChI=1S/C14H18FNO2/c15-12-8-11(9-13-14(12)18-10-17-13)4-3-7-16-5-1-2-6-16/h8-9H,1-7,10H2. The molecule has 0 aromatic heterocycles. The third kappa shape index (κ3) is 2.43. The average molecular weight is 251 g/mol. The lowest BCUT2D eigenvalue weighted by atomic mass is 10.1.